The molecule has 1 fully saturated rings. The van der Waals surface area contributed by atoms with Crippen molar-refractivity contribution >= 4 is 15.0 Å². The van der Waals surface area contributed by atoms with E-state index in [1.54, 1.807) is 0 Å². The molecule has 1 rings (SSSR count). The summed E-state index contributed by atoms with van der Waals surface area (Å²) in [7, 11) is -0.997. The molecule has 0 aromatic heterocycles. The zero-order valence-corrected chi connectivity index (χ0v) is 16.6. The summed E-state index contributed by atoms with van der Waals surface area (Å²) in [4.78, 5) is 10.7. The second kappa shape index (κ2) is 7.96. The highest BCUT2D eigenvalue weighted by atomic mass is 28.3. The fourth-order valence-corrected chi connectivity index (χ4v) is 4.38. The summed E-state index contributed by atoms with van der Waals surface area (Å²) >= 11 is 0. The Morgan fingerprint density at radius 3 is 2.09 bits per heavy atom. The van der Waals surface area contributed by atoms with Gasteiger partial charge in [-0.3, -0.25) is 4.79 Å². The van der Waals surface area contributed by atoms with Crippen LogP contribution in [0.25, 0.3) is 0 Å². The van der Waals surface area contributed by atoms with Gasteiger partial charge in [-0.15, -0.1) is 0 Å². The van der Waals surface area contributed by atoms with Gasteiger partial charge in [-0.1, -0.05) is 40.5 Å². The maximum absolute atomic E-state index is 10.7. The molecule has 0 heterocycles. The monoisotopic (exact) mass is 328 g/mol. The Morgan fingerprint density at radius 1 is 1.14 bits per heavy atom. The van der Waals surface area contributed by atoms with Crippen molar-refractivity contribution in [2.45, 2.75) is 79.3 Å². The third-order valence-corrected chi connectivity index (χ3v) is 6.78. The third kappa shape index (κ3) is 5.38. The van der Waals surface area contributed by atoms with Crippen molar-refractivity contribution in [2.75, 3.05) is 6.61 Å². The first-order valence-corrected chi connectivity index (χ1v) is 11.7. The van der Waals surface area contributed by atoms with Crippen LogP contribution in [0.1, 0.15) is 66.2 Å². The van der Waals surface area contributed by atoms with E-state index in [4.69, 9.17) is 9.53 Å². The van der Waals surface area contributed by atoms with Gasteiger partial charge in [-0.25, -0.2) is 0 Å². The fourth-order valence-electron chi connectivity index (χ4n) is 3.70. The van der Waals surface area contributed by atoms with Crippen LogP contribution in [0, 0.1) is 22.7 Å². The van der Waals surface area contributed by atoms with Gasteiger partial charge in [0.2, 0.25) is 0 Å². The van der Waals surface area contributed by atoms with Gasteiger partial charge in [-0.05, 0) is 55.0 Å². The van der Waals surface area contributed by atoms with Crippen LogP contribution < -0.4 is 0 Å². The summed E-state index contributed by atoms with van der Waals surface area (Å²) in [5, 5.41) is 8.84. The van der Waals surface area contributed by atoms with Crippen molar-refractivity contribution < 1.29 is 14.3 Å². The Kier molecular flexibility index (Phi) is 7.12. The Labute approximate surface area is 138 Å². The van der Waals surface area contributed by atoms with Crippen LogP contribution in [0.2, 0.25) is 13.1 Å². The van der Waals surface area contributed by atoms with E-state index in [1.807, 2.05) is 0 Å². The quantitative estimate of drug-likeness (QED) is 0.688. The van der Waals surface area contributed by atoms with Gasteiger partial charge in [0.15, 0.2) is 9.04 Å². The number of rotatable bonds is 7. The van der Waals surface area contributed by atoms with Gasteiger partial charge < -0.3 is 9.53 Å². The first-order chi connectivity index (χ1) is 10.1. The molecule has 0 spiro atoms. The maximum Gasteiger partial charge on any atom is 0.303 e. The molecular weight excluding hydrogens is 292 g/mol. The fraction of sp³-hybridized carbons (Fsp3) is 0.944. The van der Waals surface area contributed by atoms with Crippen molar-refractivity contribution in [1.82, 2.24) is 0 Å². The largest absolute Gasteiger partial charge is 0.481 e. The molecule has 130 valence electrons. The normalized spacial score (nSPS) is 26.0. The smallest absolute Gasteiger partial charge is 0.303 e. The van der Waals surface area contributed by atoms with Crippen molar-refractivity contribution in [1.29, 1.82) is 0 Å². The molecular formula is C18H36O3Si. The minimum atomic E-state index is -0.997. The molecule has 1 N–H and O–H groups in total. The molecule has 1 aliphatic rings. The van der Waals surface area contributed by atoms with Gasteiger partial charge in [0, 0.05) is 13.0 Å². The topological polar surface area (TPSA) is 46.5 Å². The molecule has 0 bridgehead atoms. The van der Waals surface area contributed by atoms with Crippen LogP contribution >= 0.6 is 0 Å². The number of carbonyl (C=O) groups is 1. The third-order valence-electron chi connectivity index (χ3n) is 5.94. The van der Waals surface area contributed by atoms with Crippen molar-refractivity contribution in [2.24, 2.45) is 22.7 Å². The summed E-state index contributed by atoms with van der Waals surface area (Å²) < 4.78 is 6.15. The minimum absolute atomic E-state index is 0.210. The van der Waals surface area contributed by atoms with Crippen LogP contribution in [-0.4, -0.2) is 26.7 Å². The van der Waals surface area contributed by atoms with Crippen molar-refractivity contribution in [3.8, 4) is 0 Å². The first-order valence-electron chi connectivity index (χ1n) is 8.89. The van der Waals surface area contributed by atoms with Gasteiger partial charge in [-0.2, -0.15) is 0 Å². The number of carboxylic acid groups (broad SMARTS) is 1. The van der Waals surface area contributed by atoms with Crippen molar-refractivity contribution in [3.63, 3.8) is 0 Å². The van der Waals surface area contributed by atoms with Gasteiger partial charge >= 0.3 is 5.97 Å². The van der Waals surface area contributed by atoms with Crippen LogP contribution in [0.5, 0.6) is 0 Å². The maximum atomic E-state index is 10.7. The Hall–Kier alpha value is -0.353. The van der Waals surface area contributed by atoms with Crippen LogP contribution in [-0.2, 0) is 9.22 Å². The molecule has 1 saturated carbocycles. The lowest BCUT2D eigenvalue weighted by Gasteiger charge is -2.50. The highest BCUT2D eigenvalue weighted by Crippen LogP contribution is 2.51. The Morgan fingerprint density at radius 2 is 1.68 bits per heavy atom. The summed E-state index contributed by atoms with van der Waals surface area (Å²) in [6.45, 7) is 14.8. The molecule has 0 saturated heterocycles. The average Bonchev–Trinajstić information content (AvgIpc) is 2.41. The molecule has 1 unspecified atom stereocenters. The Bertz CT molecular complexity index is 354. The highest BCUT2D eigenvalue weighted by molar-refractivity contribution is 6.48. The summed E-state index contributed by atoms with van der Waals surface area (Å²) in [6, 6.07) is 0. The average molecular weight is 329 g/mol. The first kappa shape index (κ1) is 19.7. The SMILES string of the molecule is C[SiH](C)OCC(C)(C1CCC(CCC(=O)O)CC1)C(C)(C)C. The molecule has 22 heavy (non-hydrogen) atoms. The van der Waals surface area contributed by atoms with E-state index in [0.717, 1.165) is 13.0 Å². The van der Waals surface area contributed by atoms with E-state index in [-0.39, 0.29) is 10.8 Å². The van der Waals surface area contributed by atoms with Crippen LogP contribution in [0.3, 0.4) is 0 Å². The highest BCUT2D eigenvalue weighted by Gasteiger charge is 2.45. The van der Waals surface area contributed by atoms with E-state index >= 15 is 0 Å². The van der Waals surface area contributed by atoms with E-state index in [1.165, 1.54) is 25.7 Å². The lowest BCUT2D eigenvalue weighted by atomic mass is 9.57. The number of hydrogen-bond acceptors (Lipinski definition) is 2. The van der Waals surface area contributed by atoms with Crippen molar-refractivity contribution in [3.05, 3.63) is 0 Å². The molecule has 0 aliphatic heterocycles. The van der Waals surface area contributed by atoms with E-state index in [0.29, 0.717) is 18.3 Å². The van der Waals surface area contributed by atoms with E-state index < -0.39 is 15.0 Å². The van der Waals surface area contributed by atoms with E-state index in [2.05, 4.69) is 40.8 Å². The summed E-state index contributed by atoms with van der Waals surface area (Å²) in [5.41, 5.74) is 0.441. The predicted octanol–water partition coefficient (Wildman–Crippen LogP) is 4.71. The standard InChI is InChI=1S/C18H36O3Si/c1-17(2,3)18(4,13-21-22(5)6)15-10-7-14(8-11-15)9-12-16(19)20/h14-15,22H,7-13H2,1-6H3,(H,19,20). The Balaban J connectivity index is 2.64. The molecule has 0 amide bonds. The number of carboxylic acids is 1. The molecule has 4 heteroatoms. The number of aliphatic carboxylic acids is 1. The van der Waals surface area contributed by atoms with Crippen LogP contribution in [0.4, 0.5) is 0 Å². The van der Waals surface area contributed by atoms with Gasteiger partial charge in [0.05, 0.1) is 0 Å². The second-order valence-corrected chi connectivity index (χ2v) is 11.1. The molecule has 1 aliphatic carbocycles. The number of hydrogen-bond donors (Lipinski definition) is 1. The summed E-state index contributed by atoms with van der Waals surface area (Å²) in [6.07, 6.45) is 5.99. The molecule has 1 atom stereocenters. The zero-order valence-electron chi connectivity index (χ0n) is 15.4. The molecule has 0 radical (unpaired) electrons. The summed E-state index contributed by atoms with van der Waals surface area (Å²) in [5.74, 6) is 0.648. The lowest BCUT2D eigenvalue weighted by molar-refractivity contribution is -0.137. The van der Waals surface area contributed by atoms with Gasteiger partial charge in [0.1, 0.15) is 0 Å². The minimum Gasteiger partial charge on any atom is -0.481 e. The molecule has 0 aromatic rings. The second-order valence-electron chi connectivity index (χ2n) is 8.68. The van der Waals surface area contributed by atoms with Gasteiger partial charge in [0.25, 0.3) is 0 Å². The zero-order chi connectivity index (χ0) is 17.0. The molecule has 3 nitrogen and oxygen atoms in total. The lowest BCUT2D eigenvalue weighted by Crippen LogP contribution is -2.45. The van der Waals surface area contributed by atoms with Crippen LogP contribution in [0.15, 0.2) is 0 Å². The predicted molar refractivity (Wildman–Crippen MR) is 94.7 cm³/mol. The van der Waals surface area contributed by atoms with E-state index in [9.17, 15) is 4.79 Å². The molecule has 0 aromatic carbocycles.